The smallest absolute Gasteiger partial charge is 0.371 e. The van der Waals surface area contributed by atoms with Gasteiger partial charge in [-0.3, -0.25) is 0 Å². The molecule has 1 saturated heterocycles. The summed E-state index contributed by atoms with van der Waals surface area (Å²) in [6.45, 7) is 0.948. The lowest BCUT2D eigenvalue weighted by molar-refractivity contribution is -0.179. The molecule has 2 aromatic carbocycles. The number of rotatable bonds is 1. The summed E-state index contributed by atoms with van der Waals surface area (Å²) < 4.78 is 38.8. The molecular weight excluding hydrogens is 359 g/mol. The molecule has 0 atom stereocenters. The van der Waals surface area contributed by atoms with Gasteiger partial charge >= 0.3 is 6.18 Å². The van der Waals surface area contributed by atoms with E-state index in [0.717, 1.165) is 24.9 Å². The summed E-state index contributed by atoms with van der Waals surface area (Å²) in [5.41, 5.74) is 6.82. The van der Waals surface area contributed by atoms with Crippen molar-refractivity contribution in [2.24, 2.45) is 5.92 Å². The van der Waals surface area contributed by atoms with E-state index >= 15 is 0 Å². The van der Waals surface area contributed by atoms with Crippen LogP contribution in [0, 0.1) is 5.92 Å². The van der Waals surface area contributed by atoms with E-state index in [-0.39, 0.29) is 12.8 Å². The highest BCUT2D eigenvalue weighted by Crippen LogP contribution is 2.41. The lowest BCUT2D eigenvalue weighted by Gasteiger charge is -2.34. The fraction of sp³-hybridized carbons (Fsp3) is 0.417. The van der Waals surface area contributed by atoms with Crippen molar-refractivity contribution in [1.29, 1.82) is 0 Å². The van der Waals surface area contributed by atoms with Crippen LogP contribution in [-0.4, -0.2) is 19.3 Å². The first-order valence-electron chi connectivity index (χ1n) is 10.3. The van der Waals surface area contributed by atoms with Crippen molar-refractivity contribution in [3.8, 4) is 0 Å². The van der Waals surface area contributed by atoms with Crippen LogP contribution in [0.15, 0.2) is 48.1 Å². The van der Waals surface area contributed by atoms with Gasteiger partial charge in [0.2, 0.25) is 0 Å². The average molecular weight is 383 g/mol. The third-order valence-corrected chi connectivity index (χ3v) is 6.68. The largest absolute Gasteiger partial charge is 0.391 e. The van der Waals surface area contributed by atoms with E-state index in [1.165, 1.54) is 33.9 Å². The molecule has 0 saturated carbocycles. The van der Waals surface area contributed by atoms with Crippen LogP contribution >= 0.6 is 0 Å². The summed E-state index contributed by atoms with van der Waals surface area (Å²) in [6, 6.07) is 10.8. The number of allylic oxidation sites excluding steroid dienone is 4. The second kappa shape index (κ2) is 6.68. The first-order chi connectivity index (χ1) is 13.5. The first-order valence-corrected chi connectivity index (χ1v) is 10.3. The minimum absolute atomic E-state index is 0.189. The molecule has 3 aliphatic rings. The van der Waals surface area contributed by atoms with E-state index < -0.39 is 12.1 Å². The van der Waals surface area contributed by atoms with Gasteiger partial charge in [-0.25, -0.2) is 0 Å². The molecule has 0 N–H and O–H groups in total. The molecule has 4 heteroatoms. The van der Waals surface area contributed by atoms with Gasteiger partial charge in [0.15, 0.2) is 0 Å². The molecular formula is C24H24F3N. The van der Waals surface area contributed by atoms with E-state index in [9.17, 15) is 13.2 Å². The summed E-state index contributed by atoms with van der Waals surface area (Å²) in [7, 11) is 0. The highest BCUT2D eigenvalue weighted by Gasteiger charge is 2.41. The van der Waals surface area contributed by atoms with Gasteiger partial charge in [-0.15, -0.1) is 0 Å². The van der Waals surface area contributed by atoms with Gasteiger partial charge in [0, 0.05) is 18.8 Å². The molecule has 5 rings (SSSR count). The third-order valence-electron chi connectivity index (χ3n) is 6.68. The Labute approximate surface area is 163 Å². The van der Waals surface area contributed by atoms with Crippen molar-refractivity contribution in [2.45, 2.75) is 44.7 Å². The molecule has 0 unspecified atom stereocenters. The second-order valence-corrected chi connectivity index (χ2v) is 8.26. The number of piperidine rings is 1. The maximum atomic E-state index is 12.9. The van der Waals surface area contributed by atoms with Crippen LogP contribution < -0.4 is 4.90 Å². The maximum absolute atomic E-state index is 12.9. The summed E-state index contributed by atoms with van der Waals surface area (Å²) in [5, 5.41) is 2.48. The van der Waals surface area contributed by atoms with E-state index in [1.807, 2.05) is 0 Å². The zero-order chi connectivity index (χ0) is 19.3. The van der Waals surface area contributed by atoms with Crippen LogP contribution in [0.4, 0.5) is 18.9 Å². The number of nitrogens with zero attached hydrogens (tertiary/aromatic N) is 1. The Morgan fingerprint density at radius 2 is 1.75 bits per heavy atom. The Bertz CT molecular complexity index is 975. The topological polar surface area (TPSA) is 3.24 Å². The minimum Gasteiger partial charge on any atom is -0.371 e. The van der Waals surface area contributed by atoms with Gasteiger partial charge < -0.3 is 4.90 Å². The summed E-state index contributed by atoms with van der Waals surface area (Å²) >= 11 is 0. The van der Waals surface area contributed by atoms with E-state index in [2.05, 4.69) is 47.4 Å². The number of hydrogen-bond acceptors (Lipinski definition) is 1. The van der Waals surface area contributed by atoms with Gasteiger partial charge in [0.25, 0.3) is 0 Å². The van der Waals surface area contributed by atoms with E-state index in [4.69, 9.17) is 0 Å². The second-order valence-electron chi connectivity index (χ2n) is 8.26. The van der Waals surface area contributed by atoms with Crippen molar-refractivity contribution in [3.05, 3.63) is 59.2 Å². The van der Waals surface area contributed by atoms with Gasteiger partial charge in [-0.2, -0.15) is 13.2 Å². The summed E-state index contributed by atoms with van der Waals surface area (Å²) in [5.74, 6) is -1.15. The Balaban J connectivity index is 1.44. The minimum atomic E-state index is -4.06. The lowest BCUT2D eigenvalue weighted by atomic mass is 9.79. The first kappa shape index (κ1) is 17.8. The zero-order valence-corrected chi connectivity index (χ0v) is 15.9. The van der Waals surface area contributed by atoms with Gasteiger partial charge in [0.05, 0.1) is 5.92 Å². The molecule has 0 spiro atoms. The number of hydrogen-bond donors (Lipinski definition) is 0. The number of aryl methyl sites for hydroxylation is 1. The molecule has 28 heavy (non-hydrogen) atoms. The number of alkyl halides is 3. The molecule has 146 valence electrons. The molecule has 1 nitrogen and oxygen atoms in total. The quantitative estimate of drug-likeness (QED) is 0.532. The fourth-order valence-electron chi connectivity index (χ4n) is 5.09. The van der Waals surface area contributed by atoms with Crippen LogP contribution in [0.2, 0.25) is 0 Å². The fourth-order valence-corrected chi connectivity index (χ4v) is 5.09. The predicted octanol–water partition coefficient (Wildman–Crippen LogP) is 6.67. The molecule has 2 aromatic rings. The van der Waals surface area contributed by atoms with E-state index in [0.29, 0.717) is 13.1 Å². The molecule has 0 radical (unpaired) electrons. The number of benzene rings is 2. The standard InChI is InChI=1S/C24H24F3N/c25-24(26,27)18-11-13-28(14-12-18)19-7-10-21-17(15-19)6-9-22-20-4-2-1-3-16(20)5-8-23(21)22/h2,4,6-7,9-10,15,18H,1,3,5,8,11-14H2. The Kier molecular flexibility index (Phi) is 4.26. The van der Waals surface area contributed by atoms with Crippen molar-refractivity contribution in [2.75, 3.05) is 18.0 Å². The molecule has 1 fully saturated rings. The molecule has 2 aliphatic carbocycles. The highest BCUT2D eigenvalue weighted by molar-refractivity contribution is 5.95. The Morgan fingerprint density at radius 3 is 2.54 bits per heavy atom. The van der Waals surface area contributed by atoms with E-state index in [1.54, 1.807) is 5.57 Å². The summed E-state index contributed by atoms with van der Waals surface area (Å²) in [4.78, 5) is 2.10. The van der Waals surface area contributed by atoms with Crippen LogP contribution in [-0.2, 0) is 6.42 Å². The number of halogens is 3. The molecule has 1 heterocycles. The van der Waals surface area contributed by atoms with Crippen molar-refractivity contribution in [1.82, 2.24) is 0 Å². The number of anilines is 1. The zero-order valence-electron chi connectivity index (χ0n) is 15.9. The van der Waals surface area contributed by atoms with Crippen LogP contribution in [0.5, 0.6) is 0 Å². The Morgan fingerprint density at radius 1 is 0.929 bits per heavy atom. The van der Waals surface area contributed by atoms with Crippen molar-refractivity contribution >= 4 is 22.0 Å². The molecule has 0 bridgehead atoms. The third kappa shape index (κ3) is 3.03. The predicted molar refractivity (Wildman–Crippen MR) is 109 cm³/mol. The molecule has 1 aliphatic heterocycles. The average Bonchev–Trinajstić information content (AvgIpc) is 2.72. The van der Waals surface area contributed by atoms with Crippen molar-refractivity contribution < 1.29 is 13.2 Å². The van der Waals surface area contributed by atoms with Crippen molar-refractivity contribution in [3.63, 3.8) is 0 Å². The normalized spacial score (nSPS) is 20.5. The maximum Gasteiger partial charge on any atom is 0.391 e. The van der Waals surface area contributed by atoms with Gasteiger partial charge in [0.1, 0.15) is 0 Å². The van der Waals surface area contributed by atoms with Crippen LogP contribution in [0.3, 0.4) is 0 Å². The monoisotopic (exact) mass is 383 g/mol. The van der Waals surface area contributed by atoms with Crippen LogP contribution in [0.1, 0.15) is 43.2 Å². The van der Waals surface area contributed by atoms with Crippen LogP contribution in [0.25, 0.3) is 16.3 Å². The molecule has 0 aromatic heterocycles. The van der Waals surface area contributed by atoms with Gasteiger partial charge in [-0.1, -0.05) is 35.9 Å². The molecule has 0 amide bonds. The Hall–Kier alpha value is -2.23. The lowest BCUT2D eigenvalue weighted by Crippen LogP contribution is -2.38. The SMILES string of the molecule is FC(F)(F)C1CCN(c2ccc3c4c(ccc3c2)C2=C(CCC=C2)CC4)CC1. The van der Waals surface area contributed by atoms with Gasteiger partial charge in [-0.05, 0) is 78.1 Å². The highest BCUT2D eigenvalue weighted by atomic mass is 19.4. The number of fused-ring (bicyclic) bond motifs is 4. The summed E-state index contributed by atoms with van der Waals surface area (Å²) in [6.07, 6.45) is 5.41.